The summed E-state index contributed by atoms with van der Waals surface area (Å²) in [5.74, 6) is 0.140. The highest BCUT2D eigenvalue weighted by Gasteiger charge is 2.31. The monoisotopic (exact) mass is 391 g/mol. The van der Waals surface area contributed by atoms with Crippen LogP contribution in [0.15, 0.2) is 54.7 Å². The summed E-state index contributed by atoms with van der Waals surface area (Å²) in [4.78, 5) is 36.6. The lowest BCUT2D eigenvalue weighted by atomic mass is 10.1. The van der Waals surface area contributed by atoms with E-state index in [1.54, 1.807) is 41.4 Å². The lowest BCUT2D eigenvalue weighted by Crippen LogP contribution is -2.49. The first-order chi connectivity index (χ1) is 14.2. The van der Waals surface area contributed by atoms with Gasteiger partial charge < -0.3 is 5.32 Å². The van der Waals surface area contributed by atoms with Crippen molar-refractivity contribution < 1.29 is 9.59 Å². The van der Waals surface area contributed by atoms with Crippen LogP contribution >= 0.6 is 0 Å². The fourth-order valence-corrected chi connectivity index (χ4v) is 3.74. The van der Waals surface area contributed by atoms with Gasteiger partial charge in [-0.25, -0.2) is 4.98 Å². The highest BCUT2D eigenvalue weighted by Crippen LogP contribution is 2.36. The van der Waals surface area contributed by atoms with Crippen molar-refractivity contribution in [1.82, 2.24) is 14.8 Å². The molecule has 0 spiro atoms. The molecule has 2 amide bonds. The number of allylic oxidation sites excluding steroid dienone is 1. The number of piperazine rings is 1. The number of nitrogens with zero attached hydrogens (tertiary/aromatic N) is 4. The molecule has 1 N–H and O–H groups in total. The maximum Gasteiger partial charge on any atom is 0.257 e. The molecule has 1 aromatic carbocycles. The molecule has 2 aliphatic heterocycles. The molecule has 0 aliphatic carbocycles. The maximum absolute atomic E-state index is 13.4. The zero-order valence-corrected chi connectivity index (χ0v) is 16.5. The number of rotatable bonds is 4. The van der Waals surface area contributed by atoms with Crippen LogP contribution in [0.1, 0.15) is 17.3 Å². The van der Waals surface area contributed by atoms with Crippen molar-refractivity contribution in [3.8, 4) is 0 Å². The first kappa shape index (κ1) is 19.3. The van der Waals surface area contributed by atoms with Crippen LogP contribution in [-0.4, -0.2) is 65.9 Å². The fraction of sp³-hybridized carbons (Fsp3) is 0.318. The van der Waals surface area contributed by atoms with E-state index in [4.69, 9.17) is 0 Å². The molecule has 29 heavy (non-hydrogen) atoms. The maximum atomic E-state index is 13.4. The molecule has 2 aliphatic rings. The third-order valence-corrected chi connectivity index (χ3v) is 5.31. The van der Waals surface area contributed by atoms with Gasteiger partial charge in [0.2, 0.25) is 5.91 Å². The summed E-state index contributed by atoms with van der Waals surface area (Å²) in [6.07, 6.45) is 5.85. The van der Waals surface area contributed by atoms with Crippen LogP contribution in [0.25, 0.3) is 0 Å². The minimum absolute atomic E-state index is 0.0872. The molecule has 0 bridgehead atoms. The number of hydrogen-bond acceptors (Lipinski definition) is 5. The summed E-state index contributed by atoms with van der Waals surface area (Å²) in [5, 5.41) is 2.87. The molecule has 2 aromatic rings. The zero-order valence-electron chi connectivity index (χ0n) is 16.5. The number of carbonyl (C=O) groups is 2. The van der Waals surface area contributed by atoms with E-state index in [0.717, 1.165) is 32.7 Å². The SMILES string of the molecule is CC=CCN1CCN(CC(=O)N2c3ccccc3C(=O)Nc3cccnc32)CC1. The minimum Gasteiger partial charge on any atom is -0.319 e. The number of para-hydroxylation sites is 1. The summed E-state index contributed by atoms with van der Waals surface area (Å²) >= 11 is 0. The summed E-state index contributed by atoms with van der Waals surface area (Å²) < 4.78 is 0. The van der Waals surface area contributed by atoms with Crippen LogP contribution in [0, 0.1) is 0 Å². The van der Waals surface area contributed by atoms with Gasteiger partial charge in [0.1, 0.15) is 0 Å². The molecule has 150 valence electrons. The Morgan fingerprint density at radius 3 is 2.66 bits per heavy atom. The van der Waals surface area contributed by atoms with Gasteiger partial charge in [-0.2, -0.15) is 0 Å². The standard InChI is InChI=1S/C22H25N5O2/c1-2-3-11-25-12-14-26(15-13-25)16-20(28)27-19-9-5-4-7-17(19)22(29)24-18-8-6-10-23-21(18)27/h2-10H,11-16H2,1H3,(H,24,29). The van der Waals surface area contributed by atoms with E-state index in [-0.39, 0.29) is 18.4 Å². The first-order valence-electron chi connectivity index (χ1n) is 9.91. The number of fused-ring (bicyclic) bond motifs is 2. The van der Waals surface area contributed by atoms with E-state index in [1.165, 1.54) is 0 Å². The van der Waals surface area contributed by atoms with Crippen LogP contribution < -0.4 is 10.2 Å². The van der Waals surface area contributed by atoms with Crippen molar-refractivity contribution in [2.24, 2.45) is 0 Å². The second-order valence-corrected chi connectivity index (χ2v) is 7.22. The Bertz CT molecular complexity index is 934. The predicted octanol–water partition coefficient (Wildman–Crippen LogP) is 2.51. The van der Waals surface area contributed by atoms with E-state index >= 15 is 0 Å². The average molecular weight is 391 g/mol. The molecule has 7 nitrogen and oxygen atoms in total. The average Bonchev–Trinajstić information content (AvgIpc) is 2.87. The fourth-order valence-electron chi connectivity index (χ4n) is 3.74. The van der Waals surface area contributed by atoms with Gasteiger partial charge in [-0.1, -0.05) is 24.3 Å². The van der Waals surface area contributed by atoms with Gasteiger partial charge in [0.15, 0.2) is 5.82 Å². The Balaban J connectivity index is 1.57. The first-order valence-corrected chi connectivity index (χ1v) is 9.91. The van der Waals surface area contributed by atoms with Crippen molar-refractivity contribution in [1.29, 1.82) is 0 Å². The Morgan fingerprint density at radius 2 is 1.86 bits per heavy atom. The molecular formula is C22H25N5O2. The molecule has 0 saturated carbocycles. The Hall–Kier alpha value is -3.03. The molecule has 1 aromatic heterocycles. The van der Waals surface area contributed by atoms with Crippen molar-refractivity contribution in [3.63, 3.8) is 0 Å². The molecule has 4 rings (SSSR count). The van der Waals surface area contributed by atoms with E-state index in [0.29, 0.717) is 22.8 Å². The van der Waals surface area contributed by atoms with Gasteiger partial charge in [-0.15, -0.1) is 0 Å². The van der Waals surface area contributed by atoms with Gasteiger partial charge in [0.25, 0.3) is 5.91 Å². The minimum atomic E-state index is -0.234. The number of carbonyl (C=O) groups excluding carboxylic acids is 2. The highest BCUT2D eigenvalue weighted by molar-refractivity contribution is 6.17. The predicted molar refractivity (Wildman–Crippen MR) is 113 cm³/mol. The van der Waals surface area contributed by atoms with Crippen LogP contribution in [0.3, 0.4) is 0 Å². The smallest absolute Gasteiger partial charge is 0.257 e. The largest absolute Gasteiger partial charge is 0.319 e. The van der Waals surface area contributed by atoms with Crippen LogP contribution in [-0.2, 0) is 4.79 Å². The van der Waals surface area contributed by atoms with E-state index in [9.17, 15) is 9.59 Å². The molecule has 0 atom stereocenters. The zero-order chi connectivity index (χ0) is 20.2. The van der Waals surface area contributed by atoms with E-state index in [1.807, 2.05) is 13.0 Å². The number of anilines is 3. The van der Waals surface area contributed by atoms with Gasteiger partial charge in [-0.05, 0) is 31.2 Å². The van der Waals surface area contributed by atoms with Crippen LogP contribution in [0.4, 0.5) is 17.2 Å². The van der Waals surface area contributed by atoms with Crippen LogP contribution in [0.5, 0.6) is 0 Å². The number of hydrogen-bond donors (Lipinski definition) is 1. The second-order valence-electron chi connectivity index (χ2n) is 7.22. The number of nitrogens with one attached hydrogen (secondary N) is 1. The van der Waals surface area contributed by atoms with Crippen LogP contribution in [0.2, 0.25) is 0 Å². The molecule has 0 unspecified atom stereocenters. The summed E-state index contributed by atoms with van der Waals surface area (Å²) in [6, 6.07) is 10.7. The van der Waals surface area contributed by atoms with Gasteiger partial charge in [0, 0.05) is 38.9 Å². The topological polar surface area (TPSA) is 68.8 Å². The number of amides is 2. The molecule has 3 heterocycles. The van der Waals surface area contributed by atoms with Gasteiger partial charge in [0.05, 0.1) is 23.5 Å². The van der Waals surface area contributed by atoms with E-state index < -0.39 is 0 Å². The normalized spacial score (nSPS) is 17.6. The quantitative estimate of drug-likeness (QED) is 0.811. The van der Waals surface area contributed by atoms with E-state index in [2.05, 4.69) is 32.3 Å². The lowest BCUT2D eigenvalue weighted by Gasteiger charge is -2.34. The third kappa shape index (κ3) is 4.06. The number of benzene rings is 1. The molecule has 7 heteroatoms. The van der Waals surface area contributed by atoms with Crippen molar-refractivity contribution in [2.45, 2.75) is 6.92 Å². The Kier molecular flexibility index (Phi) is 5.69. The van der Waals surface area contributed by atoms with Gasteiger partial charge in [-0.3, -0.25) is 24.3 Å². The van der Waals surface area contributed by atoms with Gasteiger partial charge >= 0.3 is 0 Å². The lowest BCUT2D eigenvalue weighted by molar-refractivity contribution is -0.119. The molecule has 1 saturated heterocycles. The number of pyridine rings is 1. The summed E-state index contributed by atoms with van der Waals surface area (Å²) in [7, 11) is 0. The highest BCUT2D eigenvalue weighted by atomic mass is 16.2. The third-order valence-electron chi connectivity index (χ3n) is 5.31. The van der Waals surface area contributed by atoms with Crippen molar-refractivity contribution in [2.75, 3.05) is 49.5 Å². The Labute approximate surface area is 170 Å². The summed E-state index contributed by atoms with van der Waals surface area (Å²) in [5.41, 5.74) is 1.58. The number of aromatic nitrogens is 1. The molecule has 0 radical (unpaired) electrons. The van der Waals surface area contributed by atoms with Crippen molar-refractivity contribution in [3.05, 3.63) is 60.3 Å². The summed E-state index contributed by atoms with van der Waals surface area (Å²) in [6.45, 7) is 6.81. The molecular weight excluding hydrogens is 366 g/mol. The second kappa shape index (κ2) is 8.55. The van der Waals surface area contributed by atoms with Crippen molar-refractivity contribution >= 4 is 29.0 Å². The molecule has 1 fully saturated rings. The Morgan fingerprint density at radius 1 is 1.10 bits per heavy atom.